The number of aliphatic imine (C=N–C) groups is 1. The topological polar surface area (TPSA) is 24.9 Å². The molecule has 2 atom stereocenters. The number of rotatable bonds is 2. The van der Waals surface area contributed by atoms with Gasteiger partial charge in [0.2, 0.25) is 0 Å². The van der Waals surface area contributed by atoms with Crippen molar-refractivity contribution in [1.82, 2.24) is 4.48 Å². The van der Waals surface area contributed by atoms with Gasteiger partial charge in [-0.3, -0.25) is 0 Å². The van der Waals surface area contributed by atoms with Gasteiger partial charge in [-0.2, -0.15) is 4.99 Å². The van der Waals surface area contributed by atoms with Gasteiger partial charge in [0.25, 0.3) is 0 Å². The first-order chi connectivity index (χ1) is 6.78. The molecule has 1 saturated heterocycles. The summed E-state index contributed by atoms with van der Waals surface area (Å²) in [5.74, 6) is 0. The van der Waals surface area contributed by atoms with Crippen LogP contribution in [0.25, 0.3) is 0 Å². The van der Waals surface area contributed by atoms with E-state index in [1.807, 2.05) is 12.4 Å². The van der Waals surface area contributed by atoms with Gasteiger partial charge in [0, 0.05) is 6.07 Å². The maximum atomic E-state index is 5.27. The van der Waals surface area contributed by atoms with E-state index in [0.717, 1.165) is 23.3 Å². The zero-order chi connectivity index (χ0) is 9.60. The van der Waals surface area contributed by atoms with Crippen molar-refractivity contribution in [1.29, 1.82) is 0 Å². The predicted molar refractivity (Wildman–Crippen MR) is 56.9 cm³/mol. The van der Waals surface area contributed by atoms with E-state index in [9.17, 15) is 0 Å². The quantitative estimate of drug-likeness (QED) is 0.513. The molecule has 1 aromatic rings. The molecule has 0 aliphatic carbocycles. The minimum atomic E-state index is 0.428. The SMILES string of the molecule is C[N+]1(CC2CO2)C=Nc2ccccc21. The van der Waals surface area contributed by atoms with Crippen LogP contribution in [0.5, 0.6) is 0 Å². The van der Waals surface area contributed by atoms with Gasteiger partial charge in [-0.15, -0.1) is 0 Å². The van der Waals surface area contributed by atoms with Gasteiger partial charge in [0.15, 0.2) is 12.0 Å². The number of nitrogens with zero attached hydrogens (tertiary/aromatic N) is 2. The number of para-hydroxylation sites is 2. The van der Waals surface area contributed by atoms with Crippen molar-refractivity contribution in [2.24, 2.45) is 4.99 Å². The predicted octanol–water partition coefficient (Wildman–Crippen LogP) is 1.70. The first-order valence-corrected chi connectivity index (χ1v) is 4.90. The van der Waals surface area contributed by atoms with E-state index in [1.54, 1.807) is 0 Å². The first kappa shape index (κ1) is 8.15. The van der Waals surface area contributed by atoms with E-state index < -0.39 is 0 Å². The van der Waals surface area contributed by atoms with Gasteiger partial charge in [-0.1, -0.05) is 12.1 Å². The lowest BCUT2D eigenvalue weighted by atomic mass is 10.2. The lowest BCUT2D eigenvalue weighted by molar-refractivity contribution is 0.362. The molecule has 2 heterocycles. The molecule has 0 saturated carbocycles. The van der Waals surface area contributed by atoms with Crippen LogP contribution in [0, 0.1) is 0 Å². The summed E-state index contributed by atoms with van der Waals surface area (Å²) < 4.78 is 6.05. The molecule has 1 fully saturated rings. The highest BCUT2D eigenvalue weighted by molar-refractivity contribution is 5.88. The number of benzene rings is 1. The Balaban J connectivity index is 1.98. The zero-order valence-corrected chi connectivity index (χ0v) is 8.18. The van der Waals surface area contributed by atoms with E-state index in [2.05, 4.69) is 30.2 Å². The fourth-order valence-corrected chi connectivity index (χ4v) is 2.00. The van der Waals surface area contributed by atoms with E-state index in [1.165, 1.54) is 5.69 Å². The number of fused-ring (bicyclic) bond motifs is 1. The Bertz CT molecular complexity index is 398. The molecule has 72 valence electrons. The lowest BCUT2D eigenvalue weighted by Crippen LogP contribution is -2.44. The standard InChI is InChI=1S/C11H13N2O/c1-13(6-9-7-14-9)8-12-10-4-2-3-5-11(10)13/h2-5,8-9H,6-7H2,1H3/q+1. The number of hydrogen-bond acceptors (Lipinski definition) is 2. The maximum Gasteiger partial charge on any atom is 0.195 e. The average Bonchev–Trinajstić information content (AvgIpc) is 2.93. The highest BCUT2D eigenvalue weighted by atomic mass is 16.6. The number of likely N-dealkylation sites (N-methyl/N-ethyl adjacent to an activating group) is 1. The Morgan fingerprint density at radius 1 is 1.50 bits per heavy atom. The molecule has 14 heavy (non-hydrogen) atoms. The third kappa shape index (κ3) is 1.17. The Morgan fingerprint density at radius 2 is 2.29 bits per heavy atom. The molecule has 3 nitrogen and oxygen atoms in total. The fraction of sp³-hybridized carbons (Fsp3) is 0.364. The van der Waals surface area contributed by atoms with Crippen molar-refractivity contribution in [3.63, 3.8) is 0 Å². The maximum absolute atomic E-state index is 5.27. The molecular weight excluding hydrogens is 176 g/mol. The summed E-state index contributed by atoms with van der Waals surface area (Å²) in [5, 5.41) is 0. The van der Waals surface area contributed by atoms with Crippen molar-refractivity contribution in [2.75, 3.05) is 20.2 Å². The summed E-state index contributed by atoms with van der Waals surface area (Å²) in [6, 6.07) is 8.30. The van der Waals surface area contributed by atoms with E-state index in [0.29, 0.717) is 6.10 Å². The molecule has 0 bridgehead atoms. The molecule has 0 N–H and O–H groups in total. The normalized spacial score (nSPS) is 33.1. The summed E-state index contributed by atoms with van der Waals surface area (Å²) >= 11 is 0. The number of epoxide rings is 1. The third-order valence-electron chi connectivity index (χ3n) is 2.87. The fourth-order valence-electron chi connectivity index (χ4n) is 2.00. The molecule has 0 amide bonds. The number of quaternary nitrogens is 1. The molecule has 2 aliphatic heterocycles. The summed E-state index contributed by atoms with van der Waals surface area (Å²) in [4.78, 5) is 4.42. The molecule has 3 rings (SSSR count). The van der Waals surface area contributed by atoms with Crippen LogP contribution in [0.3, 0.4) is 0 Å². The van der Waals surface area contributed by atoms with Crippen LogP contribution < -0.4 is 4.48 Å². The third-order valence-corrected chi connectivity index (χ3v) is 2.87. The summed E-state index contributed by atoms with van der Waals surface area (Å²) in [6.07, 6.45) is 2.43. The van der Waals surface area contributed by atoms with Crippen LogP contribution in [-0.4, -0.2) is 32.6 Å². The minimum absolute atomic E-state index is 0.428. The molecule has 0 aromatic heterocycles. The second-order valence-corrected chi connectivity index (χ2v) is 4.14. The Hall–Kier alpha value is -1.19. The second-order valence-electron chi connectivity index (χ2n) is 4.14. The highest BCUT2D eigenvalue weighted by Crippen LogP contribution is 2.37. The monoisotopic (exact) mass is 189 g/mol. The second kappa shape index (κ2) is 2.65. The van der Waals surface area contributed by atoms with Gasteiger partial charge >= 0.3 is 0 Å². The van der Waals surface area contributed by atoms with Crippen LogP contribution in [-0.2, 0) is 4.74 Å². The van der Waals surface area contributed by atoms with Crippen molar-refractivity contribution in [3.8, 4) is 0 Å². The Kier molecular flexibility index (Phi) is 1.54. The van der Waals surface area contributed by atoms with Crippen molar-refractivity contribution < 1.29 is 4.74 Å². The average molecular weight is 189 g/mol. The zero-order valence-electron chi connectivity index (χ0n) is 8.18. The smallest absolute Gasteiger partial charge is 0.195 e. The molecular formula is C11H13N2O+. The van der Waals surface area contributed by atoms with E-state index >= 15 is 0 Å². The molecule has 0 radical (unpaired) electrons. The highest BCUT2D eigenvalue weighted by Gasteiger charge is 2.38. The summed E-state index contributed by atoms with van der Waals surface area (Å²) in [7, 11) is 2.18. The minimum Gasteiger partial charge on any atom is -0.367 e. The number of ether oxygens (including phenoxy) is 1. The van der Waals surface area contributed by atoms with Crippen LogP contribution in [0.1, 0.15) is 0 Å². The van der Waals surface area contributed by atoms with Crippen LogP contribution in [0.2, 0.25) is 0 Å². The van der Waals surface area contributed by atoms with E-state index in [-0.39, 0.29) is 0 Å². The van der Waals surface area contributed by atoms with Crippen molar-refractivity contribution >= 4 is 17.7 Å². The van der Waals surface area contributed by atoms with Gasteiger partial charge in [0.1, 0.15) is 18.3 Å². The van der Waals surface area contributed by atoms with Crippen LogP contribution in [0.4, 0.5) is 11.4 Å². The summed E-state index contributed by atoms with van der Waals surface area (Å²) in [6.45, 7) is 1.91. The van der Waals surface area contributed by atoms with Crippen LogP contribution in [0.15, 0.2) is 29.3 Å². The number of hydrogen-bond donors (Lipinski definition) is 0. The first-order valence-electron chi connectivity index (χ1n) is 4.90. The van der Waals surface area contributed by atoms with Crippen molar-refractivity contribution in [3.05, 3.63) is 24.3 Å². The van der Waals surface area contributed by atoms with Gasteiger partial charge in [-0.25, -0.2) is 4.48 Å². The van der Waals surface area contributed by atoms with Crippen LogP contribution >= 0.6 is 0 Å². The van der Waals surface area contributed by atoms with Gasteiger partial charge < -0.3 is 4.74 Å². The van der Waals surface area contributed by atoms with E-state index in [4.69, 9.17) is 4.74 Å². The van der Waals surface area contributed by atoms with Gasteiger partial charge in [-0.05, 0) is 6.07 Å². The molecule has 1 aromatic carbocycles. The van der Waals surface area contributed by atoms with Crippen molar-refractivity contribution in [2.45, 2.75) is 6.10 Å². The molecule has 3 heteroatoms. The molecule has 2 unspecified atom stereocenters. The molecule has 2 aliphatic rings. The largest absolute Gasteiger partial charge is 0.367 e. The summed E-state index contributed by atoms with van der Waals surface area (Å²) in [5.41, 5.74) is 2.37. The lowest BCUT2D eigenvalue weighted by Gasteiger charge is -2.24. The Morgan fingerprint density at radius 3 is 3.07 bits per heavy atom. The van der Waals surface area contributed by atoms with Gasteiger partial charge in [0.05, 0.1) is 13.7 Å². The molecule has 0 spiro atoms. The Labute approximate surface area is 83.2 Å².